The zero-order valence-electron chi connectivity index (χ0n) is 11.1. The average Bonchev–Trinajstić information content (AvgIpc) is 2.37. The van der Waals surface area contributed by atoms with Gasteiger partial charge in [-0.25, -0.2) is 4.39 Å². The molecule has 106 valence electrons. The number of carbonyl (C=O) groups is 1. The largest absolute Gasteiger partial charge is 0.399 e. The zero-order valence-corrected chi connectivity index (χ0v) is 11.9. The highest BCUT2D eigenvalue weighted by atomic mass is 32.2. The van der Waals surface area contributed by atoms with Gasteiger partial charge in [-0.2, -0.15) is 0 Å². The molecule has 0 bridgehead atoms. The van der Waals surface area contributed by atoms with E-state index in [0.29, 0.717) is 23.7 Å². The lowest BCUT2D eigenvalue weighted by molar-refractivity contribution is -0.120. The van der Waals surface area contributed by atoms with E-state index in [0.717, 1.165) is 6.42 Å². The minimum Gasteiger partial charge on any atom is -0.399 e. The van der Waals surface area contributed by atoms with Crippen LogP contribution in [0.5, 0.6) is 0 Å². The number of ether oxygens (including phenoxy) is 1. The quantitative estimate of drug-likeness (QED) is 0.457. The van der Waals surface area contributed by atoms with Crippen LogP contribution in [-0.2, 0) is 9.53 Å². The Bertz CT molecular complexity index is 429. The molecule has 0 saturated carbocycles. The number of hydrogen-bond donors (Lipinski definition) is 2. The summed E-state index contributed by atoms with van der Waals surface area (Å²) < 4.78 is 18.5. The number of nitrogens with one attached hydrogen (secondary N) is 1. The first-order valence-corrected chi connectivity index (χ1v) is 6.91. The smallest absolute Gasteiger partial charge is 0.233 e. The number of thioether (sulfide) groups is 1. The maximum Gasteiger partial charge on any atom is 0.233 e. The normalized spacial score (nSPS) is 12.2. The van der Waals surface area contributed by atoms with E-state index in [1.807, 2.05) is 0 Å². The van der Waals surface area contributed by atoms with Crippen molar-refractivity contribution in [1.29, 1.82) is 0 Å². The highest BCUT2D eigenvalue weighted by Crippen LogP contribution is 2.27. The van der Waals surface area contributed by atoms with Crippen molar-refractivity contribution in [2.24, 2.45) is 0 Å². The third kappa shape index (κ3) is 5.48. The van der Waals surface area contributed by atoms with E-state index in [4.69, 9.17) is 10.5 Å². The van der Waals surface area contributed by atoms with Crippen LogP contribution in [0.4, 0.5) is 10.1 Å². The van der Waals surface area contributed by atoms with Crippen molar-refractivity contribution in [2.45, 2.75) is 23.5 Å². The summed E-state index contributed by atoms with van der Waals surface area (Å²) in [5, 5.41) is 2.42. The minimum atomic E-state index is -0.399. The predicted octanol–water partition coefficient (Wildman–Crippen LogP) is 2.04. The summed E-state index contributed by atoms with van der Waals surface area (Å²) in [7, 11) is 1.62. The molecule has 0 aliphatic heterocycles. The van der Waals surface area contributed by atoms with Gasteiger partial charge in [-0.15, -0.1) is 11.8 Å². The first kappa shape index (κ1) is 15.8. The molecular weight excluding hydrogens is 267 g/mol. The molecule has 1 atom stereocenters. The molecule has 1 aromatic carbocycles. The van der Waals surface area contributed by atoms with E-state index in [1.54, 1.807) is 26.2 Å². The SMILES string of the molecule is COCCCNC(=O)C(C)Sc1ccc(N)cc1F. The van der Waals surface area contributed by atoms with Crippen LogP contribution >= 0.6 is 11.8 Å². The van der Waals surface area contributed by atoms with Crippen LogP contribution in [0.15, 0.2) is 23.1 Å². The summed E-state index contributed by atoms with van der Waals surface area (Å²) in [6, 6.07) is 4.46. The lowest BCUT2D eigenvalue weighted by Crippen LogP contribution is -2.32. The van der Waals surface area contributed by atoms with Crippen LogP contribution < -0.4 is 11.1 Å². The number of nitrogens with two attached hydrogens (primary N) is 1. The Morgan fingerprint density at radius 1 is 1.58 bits per heavy atom. The van der Waals surface area contributed by atoms with Crippen molar-refractivity contribution in [3.63, 3.8) is 0 Å². The van der Waals surface area contributed by atoms with E-state index < -0.39 is 5.82 Å². The summed E-state index contributed by atoms with van der Waals surface area (Å²) >= 11 is 1.18. The molecule has 0 saturated heterocycles. The van der Waals surface area contributed by atoms with Crippen molar-refractivity contribution in [2.75, 3.05) is 26.0 Å². The van der Waals surface area contributed by atoms with Gasteiger partial charge in [-0.05, 0) is 31.5 Å². The van der Waals surface area contributed by atoms with Crippen LogP contribution in [0.2, 0.25) is 0 Å². The van der Waals surface area contributed by atoms with E-state index in [9.17, 15) is 9.18 Å². The molecule has 6 heteroatoms. The summed E-state index contributed by atoms with van der Waals surface area (Å²) in [5.74, 6) is -0.513. The number of amides is 1. The second-order valence-corrected chi connectivity index (χ2v) is 5.47. The molecule has 1 aromatic rings. The molecule has 1 unspecified atom stereocenters. The van der Waals surface area contributed by atoms with Crippen molar-refractivity contribution in [1.82, 2.24) is 5.32 Å². The van der Waals surface area contributed by atoms with Gasteiger partial charge in [0.2, 0.25) is 5.91 Å². The van der Waals surface area contributed by atoms with Crippen molar-refractivity contribution < 1.29 is 13.9 Å². The third-order valence-corrected chi connectivity index (χ3v) is 3.61. The van der Waals surface area contributed by atoms with Crippen LogP contribution in [-0.4, -0.2) is 31.4 Å². The number of carbonyl (C=O) groups excluding carboxylic acids is 1. The van der Waals surface area contributed by atoms with Gasteiger partial charge < -0.3 is 15.8 Å². The minimum absolute atomic E-state index is 0.114. The number of rotatable bonds is 7. The maximum absolute atomic E-state index is 13.6. The summed E-state index contributed by atoms with van der Waals surface area (Å²) in [6.07, 6.45) is 0.760. The third-order valence-electron chi connectivity index (χ3n) is 2.45. The molecule has 0 fully saturated rings. The van der Waals surface area contributed by atoms with Crippen LogP contribution in [0.25, 0.3) is 0 Å². The molecule has 0 radical (unpaired) electrons. The molecule has 0 aliphatic carbocycles. The van der Waals surface area contributed by atoms with Crippen LogP contribution in [0.3, 0.4) is 0 Å². The highest BCUT2D eigenvalue weighted by Gasteiger charge is 2.15. The Hall–Kier alpha value is -1.27. The lowest BCUT2D eigenvalue weighted by Gasteiger charge is -2.12. The number of methoxy groups -OCH3 is 1. The topological polar surface area (TPSA) is 64.3 Å². The molecule has 0 aliphatic rings. The van der Waals surface area contributed by atoms with Crippen LogP contribution in [0, 0.1) is 5.82 Å². The Kier molecular flexibility index (Phi) is 6.66. The highest BCUT2D eigenvalue weighted by molar-refractivity contribution is 8.00. The standard InChI is InChI=1S/C13H19FN2O2S/c1-9(13(17)16-6-3-7-18-2)19-12-5-4-10(15)8-11(12)14/h4-5,8-9H,3,6-7,15H2,1-2H3,(H,16,17). The Morgan fingerprint density at radius 3 is 2.95 bits per heavy atom. The fourth-order valence-corrected chi connectivity index (χ4v) is 2.32. The first-order valence-electron chi connectivity index (χ1n) is 6.03. The number of halogens is 1. The first-order chi connectivity index (χ1) is 9.04. The van der Waals surface area contributed by atoms with Gasteiger partial charge in [0.1, 0.15) is 5.82 Å². The molecule has 1 amide bonds. The van der Waals surface area contributed by atoms with E-state index in [1.165, 1.54) is 17.8 Å². The fourth-order valence-electron chi connectivity index (χ4n) is 1.43. The van der Waals surface area contributed by atoms with Crippen molar-refractivity contribution in [3.05, 3.63) is 24.0 Å². The number of nitrogen functional groups attached to an aromatic ring is 1. The second kappa shape index (κ2) is 8.01. The zero-order chi connectivity index (χ0) is 14.3. The Balaban J connectivity index is 2.45. The van der Waals surface area contributed by atoms with Gasteiger partial charge in [0.15, 0.2) is 0 Å². The summed E-state index contributed by atoms with van der Waals surface area (Å²) in [6.45, 7) is 2.91. The molecule has 4 nitrogen and oxygen atoms in total. The number of anilines is 1. The fraction of sp³-hybridized carbons (Fsp3) is 0.462. The second-order valence-electron chi connectivity index (χ2n) is 4.09. The summed E-state index contributed by atoms with van der Waals surface area (Å²) in [5.41, 5.74) is 5.85. The Morgan fingerprint density at radius 2 is 2.32 bits per heavy atom. The van der Waals surface area contributed by atoms with Gasteiger partial charge in [0, 0.05) is 30.8 Å². The molecule has 19 heavy (non-hydrogen) atoms. The van der Waals surface area contributed by atoms with E-state index in [-0.39, 0.29) is 11.2 Å². The van der Waals surface area contributed by atoms with E-state index in [2.05, 4.69) is 5.32 Å². The van der Waals surface area contributed by atoms with Gasteiger partial charge in [-0.1, -0.05) is 0 Å². The lowest BCUT2D eigenvalue weighted by atomic mass is 10.3. The molecule has 3 N–H and O–H groups in total. The van der Waals surface area contributed by atoms with Crippen molar-refractivity contribution in [3.8, 4) is 0 Å². The van der Waals surface area contributed by atoms with Crippen molar-refractivity contribution >= 4 is 23.4 Å². The predicted molar refractivity (Wildman–Crippen MR) is 75.6 cm³/mol. The summed E-state index contributed by atoms with van der Waals surface area (Å²) in [4.78, 5) is 12.2. The van der Waals surface area contributed by atoms with Gasteiger partial charge in [-0.3, -0.25) is 4.79 Å². The average molecular weight is 286 g/mol. The van der Waals surface area contributed by atoms with E-state index >= 15 is 0 Å². The maximum atomic E-state index is 13.6. The Labute approximate surface area is 116 Å². The van der Waals surface area contributed by atoms with Gasteiger partial charge in [0.05, 0.1) is 5.25 Å². The monoisotopic (exact) mass is 286 g/mol. The van der Waals surface area contributed by atoms with Gasteiger partial charge >= 0.3 is 0 Å². The molecule has 0 heterocycles. The molecular formula is C13H19FN2O2S. The molecule has 1 rings (SSSR count). The molecule has 0 aromatic heterocycles. The van der Waals surface area contributed by atoms with Gasteiger partial charge in [0.25, 0.3) is 0 Å². The molecule has 0 spiro atoms. The van der Waals surface area contributed by atoms with Crippen LogP contribution in [0.1, 0.15) is 13.3 Å². The number of hydrogen-bond acceptors (Lipinski definition) is 4. The number of benzene rings is 1.